The topological polar surface area (TPSA) is 84.7 Å². The van der Waals surface area contributed by atoms with Gasteiger partial charge in [-0.2, -0.15) is 0 Å². The summed E-state index contributed by atoms with van der Waals surface area (Å²) in [4.78, 5) is 31.5. The summed E-state index contributed by atoms with van der Waals surface area (Å²) in [7, 11) is 1.64. The maximum Gasteiger partial charge on any atom is 0.273 e. The SMILES string of the molecule is CNC(=O)[C@]12CCOC[C@H]1CN(C(=O)c1nccc3occc13)C2. The second-order valence-corrected chi connectivity index (χ2v) is 6.43. The highest BCUT2D eigenvalue weighted by molar-refractivity contribution is 6.04. The summed E-state index contributed by atoms with van der Waals surface area (Å²) in [5.41, 5.74) is 0.439. The number of rotatable bonds is 2. The van der Waals surface area contributed by atoms with Crippen molar-refractivity contribution in [1.82, 2.24) is 15.2 Å². The second-order valence-electron chi connectivity index (χ2n) is 6.43. The lowest BCUT2D eigenvalue weighted by Crippen LogP contribution is -2.49. The van der Waals surface area contributed by atoms with E-state index in [0.717, 1.165) is 0 Å². The highest BCUT2D eigenvalue weighted by atomic mass is 16.5. The van der Waals surface area contributed by atoms with Gasteiger partial charge in [-0.15, -0.1) is 0 Å². The number of furan rings is 1. The molecular weight excluding hydrogens is 310 g/mol. The minimum Gasteiger partial charge on any atom is -0.464 e. The molecule has 2 aliphatic heterocycles. The summed E-state index contributed by atoms with van der Waals surface area (Å²) in [6.45, 7) is 1.94. The molecule has 2 saturated heterocycles. The van der Waals surface area contributed by atoms with Gasteiger partial charge in [0.1, 0.15) is 11.3 Å². The van der Waals surface area contributed by atoms with E-state index in [9.17, 15) is 9.59 Å². The van der Waals surface area contributed by atoms with Crippen LogP contribution in [0.15, 0.2) is 29.0 Å². The molecule has 2 atom stereocenters. The van der Waals surface area contributed by atoms with Crippen LogP contribution in [0, 0.1) is 11.3 Å². The van der Waals surface area contributed by atoms with Crippen LogP contribution in [0.25, 0.3) is 11.0 Å². The lowest BCUT2D eigenvalue weighted by atomic mass is 9.73. The number of hydrogen-bond donors (Lipinski definition) is 1. The molecule has 24 heavy (non-hydrogen) atoms. The van der Waals surface area contributed by atoms with E-state index >= 15 is 0 Å². The van der Waals surface area contributed by atoms with E-state index in [2.05, 4.69) is 10.3 Å². The molecular formula is C17H19N3O4. The molecule has 2 aromatic rings. The van der Waals surface area contributed by atoms with E-state index in [1.165, 1.54) is 0 Å². The van der Waals surface area contributed by atoms with Gasteiger partial charge in [-0.05, 0) is 18.6 Å². The fourth-order valence-corrected chi connectivity index (χ4v) is 3.94. The Labute approximate surface area is 139 Å². The first-order chi connectivity index (χ1) is 11.7. The van der Waals surface area contributed by atoms with Crippen molar-refractivity contribution >= 4 is 22.8 Å². The molecule has 2 amide bonds. The molecule has 1 N–H and O–H groups in total. The Kier molecular flexibility index (Phi) is 3.53. The molecule has 0 aromatic carbocycles. The standard InChI is InChI=1S/C17H19N3O4/c1-18-16(22)17-4-7-23-9-11(17)8-20(10-17)15(21)14-12-3-6-24-13(12)2-5-19-14/h2-3,5-6,11H,4,7-10H2,1H3,(H,18,22)/t11-,17+/m1/s1. The van der Waals surface area contributed by atoms with Crippen LogP contribution < -0.4 is 5.32 Å². The first-order valence-electron chi connectivity index (χ1n) is 8.07. The predicted octanol–water partition coefficient (Wildman–Crippen LogP) is 1.05. The van der Waals surface area contributed by atoms with Crippen LogP contribution in [-0.4, -0.2) is 55.0 Å². The van der Waals surface area contributed by atoms with E-state index < -0.39 is 5.41 Å². The largest absolute Gasteiger partial charge is 0.464 e. The maximum atomic E-state index is 13.0. The molecule has 0 unspecified atom stereocenters. The summed E-state index contributed by atoms with van der Waals surface area (Å²) >= 11 is 0. The van der Waals surface area contributed by atoms with Crippen LogP contribution in [0.4, 0.5) is 0 Å². The minimum absolute atomic E-state index is 0.0127. The van der Waals surface area contributed by atoms with Gasteiger partial charge in [0.25, 0.3) is 5.91 Å². The van der Waals surface area contributed by atoms with Gasteiger partial charge in [-0.25, -0.2) is 0 Å². The van der Waals surface area contributed by atoms with E-state index in [1.54, 1.807) is 36.5 Å². The molecule has 4 heterocycles. The third-order valence-electron chi connectivity index (χ3n) is 5.26. The average molecular weight is 329 g/mol. The highest BCUT2D eigenvalue weighted by Crippen LogP contribution is 2.43. The lowest BCUT2D eigenvalue weighted by molar-refractivity contribution is -0.138. The van der Waals surface area contributed by atoms with Crippen molar-refractivity contribution in [3.63, 3.8) is 0 Å². The number of carbonyl (C=O) groups is 2. The molecule has 2 aromatic heterocycles. The fraction of sp³-hybridized carbons (Fsp3) is 0.471. The van der Waals surface area contributed by atoms with Crippen LogP contribution in [0.2, 0.25) is 0 Å². The number of amides is 2. The Hall–Kier alpha value is -2.41. The maximum absolute atomic E-state index is 13.0. The number of carbonyl (C=O) groups excluding carboxylic acids is 2. The number of aromatic nitrogens is 1. The normalized spacial score (nSPS) is 26.4. The van der Waals surface area contributed by atoms with Gasteiger partial charge in [0.05, 0.1) is 23.7 Å². The van der Waals surface area contributed by atoms with Crippen molar-refractivity contribution < 1.29 is 18.7 Å². The van der Waals surface area contributed by atoms with E-state index in [-0.39, 0.29) is 17.7 Å². The third-order valence-corrected chi connectivity index (χ3v) is 5.26. The first kappa shape index (κ1) is 15.1. The fourth-order valence-electron chi connectivity index (χ4n) is 3.94. The Bertz CT molecular complexity index is 802. The van der Waals surface area contributed by atoms with Crippen molar-refractivity contribution in [1.29, 1.82) is 0 Å². The predicted molar refractivity (Wildman–Crippen MR) is 85.3 cm³/mol. The van der Waals surface area contributed by atoms with E-state index in [1.807, 2.05) is 0 Å². The van der Waals surface area contributed by atoms with Crippen molar-refractivity contribution in [2.45, 2.75) is 6.42 Å². The van der Waals surface area contributed by atoms with Crippen LogP contribution in [0.5, 0.6) is 0 Å². The van der Waals surface area contributed by atoms with Crippen LogP contribution >= 0.6 is 0 Å². The number of ether oxygens (including phenoxy) is 1. The van der Waals surface area contributed by atoms with Gasteiger partial charge in [-0.3, -0.25) is 14.6 Å². The van der Waals surface area contributed by atoms with Crippen molar-refractivity contribution in [2.75, 3.05) is 33.4 Å². The molecule has 0 aliphatic carbocycles. The number of fused-ring (bicyclic) bond motifs is 2. The Balaban J connectivity index is 1.67. The molecule has 0 saturated carbocycles. The summed E-state index contributed by atoms with van der Waals surface area (Å²) < 4.78 is 10.9. The van der Waals surface area contributed by atoms with E-state index in [4.69, 9.17) is 9.15 Å². The zero-order valence-corrected chi connectivity index (χ0v) is 13.4. The molecule has 4 rings (SSSR count). The number of pyridine rings is 1. The Morgan fingerprint density at radius 3 is 3.12 bits per heavy atom. The van der Waals surface area contributed by atoms with Crippen LogP contribution in [0.1, 0.15) is 16.9 Å². The Morgan fingerprint density at radius 1 is 1.42 bits per heavy atom. The summed E-state index contributed by atoms with van der Waals surface area (Å²) in [5, 5.41) is 3.46. The number of nitrogens with one attached hydrogen (secondary N) is 1. The second kappa shape index (κ2) is 5.59. The van der Waals surface area contributed by atoms with Gasteiger partial charge in [-0.1, -0.05) is 0 Å². The quantitative estimate of drug-likeness (QED) is 0.890. The molecule has 0 spiro atoms. The molecule has 2 aliphatic rings. The smallest absolute Gasteiger partial charge is 0.273 e. The monoisotopic (exact) mass is 329 g/mol. The Morgan fingerprint density at radius 2 is 2.29 bits per heavy atom. The summed E-state index contributed by atoms with van der Waals surface area (Å²) in [5.74, 6) is -0.168. The molecule has 7 heteroatoms. The van der Waals surface area contributed by atoms with Crippen molar-refractivity contribution in [3.8, 4) is 0 Å². The highest BCUT2D eigenvalue weighted by Gasteiger charge is 2.54. The summed E-state index contributed by atoms with van der Waals surface area (Å²) in [6, 6.07) is 3.48. The van der Waals surface area contributed by atoms with Gasteiger partial charge in [0.15, 0.2) is 0 Å². The van der Waals surface area contributed by atoms with Crippen LogP contribution in [0.3, 0.4) is 0 Å². The molecule has 0 bridgehead atoms. The van der Waals surface area contributed by atoms with Gasteiger partial charge in [0, 0.05) is 38.9 Å². The van der Waals surface area contributed by atoms with E-state index in [0.29, 0.717) is 49.4 Å². The van der Waals surface area contributed by atoms with Crippen LogP contribution in [-0.2, 0) is 9.53 Å². The first-order valence-corrected chi connectivity index (χ1v) is 8.07. The molecule has 7 nitrogen and oxygen atoms in total. The molecule has 126 valence electrons. The average Bonchev–Trinajstić information content (AvgIpc) is 3.24. The van der Waals surface area contributed by atoms with Crippen molar-refractivity contribution in [2.24, 2.45) is 11.3 Å². The zero-order valence-electron chi connectivity index (χ0n) is 13.4. The molecule has 2 fully saturated rings. The minimum atomic E-state index is -0.563. The van der Waals surface area contributed by atoms with Gasteiger partial charge >= 0.3 is 0 Å². The number of hydrogen-bond acceptors (Lipinski definition) is 5. The number of nitrogens with zero attached hydrogens (tertiary/aromatic N) is 2. The molecule has 0 radical (unpaired) electrons. The summed E-state index contributed by atoms with van der Waals surface area (Å²) in [6.07, 6.45) is 3.75. The number of likely N-dealkylation sites (tertiary alicyclic amines) is 1. The third kappa shape index (κ3) is 2.11. The lowest BCUT2D eigenvalue weighted by Gasteiger charge is -2.36. The van der Waals surface area contributed by atoms with Gasteiger partial charge in [0.2, 0.25) is 5.91 Å². The van der Waals surface area contributed by atoms with Gasteiger partial charge < -0.3 is 19.4 Å². The van der Waals surface area contributed by atoms with Crippen molar-refractivity contribution in [3.05, 3.63) is 30.3 Å². The zero-order chi connectivity index (χ0) is 16.7.